The normalized spacial score (nSPS) is 23.5. The summed E-state index contributed by atoms with van der Waals surface area (Å²) in [5.41, 5.74) is 3.70. The summed E-state index contributed by atoms with van der Waals surface area (Å²) in [7, 11) is 0. The van der Waals surface area contributed by atoms with E-state index in [4.69, 9.17) is 9.97 Å². The number of aromatic nitrogens is 2. The standard InChI is InChI=1S/C20H26N4/c1-14-7-6-10-23(13-14)19-11-15(2)21-20(22-19)24-16(3)12-17-8-4-5-9-18(17)24/h4-5,8-9,11,14,16H,6-7,10,12-13H2,1-3H3. The zero-order valence-electron chi connectivity index (χ0n) is 14.9. The lowest BCUT2D eigenvalue weighted by molar-refractivity contribution is 0.444. The molecule has 2 aromatic rings. The van der Waals surface area contributed by atoms with Gasteiger partial charge in [-0.2, -0.15) is 4.98 Å². The number of nitrogens with zero attached hydrogens (tertiary/aromatic N) is 4. The molecule has 0 amide bonds. The summed E-state index contributed by atoms with van der Waals surface area (Å²) in [5.74, 6) is 2.67. The summed E-state index contributed by atoms with van der Waals surface area (Å²) in [6, 6.07) is 11.2. The van der Waals surface area contributed by atoms with Crippen molar-refractivity contribution < 1.29 is 0 Å². The lowest BCUT2D eigenvalue weighted by Gasteiger charge is -2.33. The van der Waals surface area contributed by atoms with Crippen LogP contribution in [0.3, 0.4) is 0 Å². The van der Waals surface area contributed by atoms with Crippen LogP contribution < -0.4 is 9.80 Å². The number of fused-ring (bicyclic) bond motifs is 1. The first kappa shape index (κ1) is 15.4. The van der Waals surface area contributed by atoms with Gasteiger partial charge in [0.2, 0.25) is 5.95 Å². The number of piperidine rings is 1. The van der Waals surface area contributed by atoms with Crippen LogP contribution in [-0.4, -0.2) is 29.1 Å². The van der Waals surface area contributed by atoms with Gasteiger partial charge in [0.05, 0.1) is 0 Å². The van der Waals surface area contributed by atoms with E-state index < -0.39 is 0 Å². The van der Waals surface area contributed by atoms with Gasteiger partial charge in [-0.15, -0.1) is 0 Å². The third-order valence-electron chi connectivity index (χ3n) is 5.23. The van der Waals surface area contributed by atoms with E-state index >= 15 is 0 Å². The molecule has 4 nitrogen and oxygen atoms in total. The summed E-state index contributed by atoms with van der Waals surface area (Å²) in [6.45, 7) is 8.87. The SMILES string of the molecule is Cc1cc(N2CCCC(C)C2)nc(N2c3ccccc3CC2C)n1. The van der Waals surface area contributed by atoms with Crippen LogP contribution in [-0.2, 0) is 6.42 Å². The van der Waals surface area contributed by atoms with Gasteiger partial charge in [0.25, 0.3) is 0 Å². The van der Waals surface area contributed by atoms with E-state index in [1.54, 1.807) is 0 Å². The molecule has 4 heteroatoms. The topological polar surface area (TPSA) is 32.3 Å². The zero-order valence-corrected chi connectivity index (χ0v) is 14.9. The number of benzene rings is 1. The Labute approximate surface area is 144 Å². The van der Waals surface area contributed by atoms with Gasteiger partial charge in [0, 0.05) is 36.6 Å². The third kappa shape index (κ3) is 2.74. The maximum Gasteiger partial charge on any atom is 0.232 e. The average molecular weight is 322 g/mol. The van der Waals surface area contributed by atoms with E-state index in [0.717, 1.165) is 42.9 Å². The van der Waals surface area contributed by atoms with Crippen molar-refractivity contribution in [3.05, 3.63) is 41.6 Å². The van der Waals surface area contributed by atoms with Crippen molar-refractivity contribution in [3.8, 4) is 0 Å². The Morgan fingerprint density at radius 1 is 1.12 bits per heavy atom. The first-order chi connectivity index (χ1) is 11.6. The molecule has 4 rings (SSSR count). The molecule has 3 heterocycles. The molecule has 2 atom stereocenters. The van der Waals surface area contributed by atoms with Crippen molar-refractivity contribution in [1.29, 1.82) is 0 Å². The predicted molar refractivity (Wildman–Crippen MR) is 99.1 cm³/mol. The minimum atomic E-state index is 0.400. The van der Waals surface area contributed by atoms with Gasteiger partial charge in [-0.25, -0.2) is 4.98 Å². The van der Waals surface area contributed by atoms with Crippen LogP contribution in [0, 0.1) is 12.8 Å². The molecule has 1 aromatic heterocycles. The first-order valence-electron chi connectivity index (χ1n) is 9.09. The van der Waals surface area contributed by atoms with Crippen molar-refractivity contribution in [1.82, 2.24) is 9.97 Å². The van der Waals surface area contributed by atoms with Crippen molar-refractivity contribution in [2.45, 2.75) is 46.1 Å². The van der Waals surface area contributed by atoms with Gasteiger partial charge in [-0.1, -0.05) is 25.1 Å². The van der Waals surface area contributed by atoms with Crippen LogP contribution in [0.4, 0.5) is 17.5 Å². The molecule has 1 aromatic carbocycles. The second-order valence-electron chi connectivity index (χ2n) is 7.41. The van der Waals surface area contributed by atoms with Crippen LogP contribution in [0.2, 0.25) is 0 Å². The molecule has 1 fully saturated rings. The number of anilines is 3. The fourth-order valence-electron chi connectivity index (χ4n) is 4.07. The molecule has 0 N–H and O–H groups in total. The van der Waals surface area contributed by atoms with E-state index in [1.165, 1.54) is 24.1 Å². The zero-order chi connectivity index (χ0) is 16.7. The Kier molecular flexibility index (Phi) is 3.91. The van der Waals surface area contributed by atoms with Crippen LogP contribution in [0.15, 0.2) is 30.3 Å². The maximum atomic E-state index is 4.96. The predicted octanol–water partition coefficient (Wildman–Crippen LogP) is 4.10. The number of hydrogen-bond acceptors (Lipinski definition) is 4. The molecule has 0 aliphatic carbocycles. The summed E-state index contributed by atoms with van der Waals surface area (Å²) in [5, 5.41) is 0. The van der Waals surface area contributed by atoms with Gasteiger partial charge in [0.15, 0.2) is 0 Å². The van der Waals surface area contributed by atoms with Gasteiger partial charge in [0.1, 0.15) is 5.82 Å². The highest BCUT2D eigenvalue weighted by atomic mass is 15.3. The molecule has 1 saturated heterocycles. The Morgan fingerprint density at radius 2 is 1.96 bits per heavy atom. The quantitative estimate of drug-likeness (QED) is 0.833. The van der Waals surface area contributed by atoms with Crippen LogP contribution in [0.5, 0.6) is 0 Å². The highest BCUT2D eigenvalue weighted by Gasteiger charge is 2.29. The minimum absolute atomic E-state index is 0.400. The van der Waals surface area contributed by atoms with Crippen LogP contribution in [0.1, 0.15) is 37.9 Å². The van der Waals surface area contributed by atoms with E-state index in [0.29, 0.717) is 6.04 Å². The molecule has 2 aliphatic heterocycles. The van der Waals surface area contributed by atoms with Crippen molar-refractivity contribution >= 4 is 17.5 Å². The molecule has 0 radical (unpaired) electrons. The summed E-state index contributed by atoms with van der Waals surface area (Å²) in [4.78, 5) is 14.5. The fourth-order valence-corrected chi connectivity index (χ4v) is 4.07. The number of rotatable bonds is 2. The van der Waals surface area contributed by atoms with Gasteiger partial charge in [-0.05, 0) is 50.7 Å². The van der Waals surface area contributed by atoms with Crippen molar-refractivity contribution in [2.75, 3.05) is 22.9 Å². The molecule has 0 spiro atoms. The average Bonchev–Trinajstić information content (AvgIpc) is 2.90. The van der Waals surface area contributed by atoms with Gasteiger partial charge < -0.3 is 9.80 Å². The third-order valence-corrected chi connectivity index (χ3v) is 5.23. The second-order valence-corrected chi connectivity index (χ2v) is 7.41. The van der Waals surface area contributed by atoms with Crippen LogP contribution >= 0.6 is 0 Å². The van der Waals surface area contributed by atoms with E-state index in [2.05, 4.69) is 60.9 Å². The van der Waals surface area contributed by atoms with Crippen LogP contribution in [0.25, 0.3) is 0 Å². The minimum Gasteiger partial charge on any atom is -0.356 e. The molecule has 2 unspecified atom stereocenters. The number of para-hydroxylation sites is 1. The molecule has 126 valence electrons. The second kappa shape index (κ2) is 6.08. The van der Waals surface area contributed by atoms with E-state index in [-0.39, 0.29) is 0 Å². The summed E-state index contributed by atoms with van der Waals surface area (Å²) >= 11 is 0. The van der Waals surface area contributed by atoms with E-state index in [9.17, 15) is 0 Å². The smallest absolute Gasteiger partial charge is 0.232 e. The Bertz CT molecular complexity index is 742. The molecule has 2 aliphatic rings. The number of aryl methyl sites for hydroxylation is 1. The molecular weight excluding hydrogens is 296 g/mol. The summed E-state index contributed by atoms with van der Waals surface area (Å²) in [6.07, 6.45) is 3.63. The first-order valence-corrected chi connectivity index (χ1v) is 9.09. The Hall–Kier alpha value is -2.10. The van der Waals surface area contributed by atoms with Crippen molar-refractivity contribution in [2.24, 2.45) is 5.92 Å². The molecule has 0 saturated carbocycles. The molecular formula is C20H26N4. The van der Waals surface area contributed by atoms with Crippen molar-refractivity contribution in [3.63, 3.8) is 0 Å². The van der Waals surface area contributed by atoms with Gasteiger partial charge >= 0.3 is 0 Å². The number of hydrogen-bond donors (Lipinski definition) is 0. The van der Waals surface area contributed by atoms with E-state index in [1.807, 2.05) is 0 Å². The molecule has 0 bridgehead atoms. The monoisotopic (exact) mass is 322 g/mol. The largest absolute Gasteiger partial charge is 0.356 e. The highest BCUT2D eigenvalue weighted by molar-refractivity contribution is 5.67. The Morgan fingerprint density at radius 3 is 2.79 bits per heavy atom. The summed E-state index contributed by atoms with van der Waals surface area (Å²) < 4.78 is 0. The lowest BCUT2D eigenvalue weighted by atomic mass is 10.0. The maximum absolute atomic E-state index is 4.96. The highest BCUT2D eigenvalue weighted by Crippen LogP contribution is 2.37. The fraction of sp³-hybridized carbons (Fsp3) is 0.500. The Balaban J connectivity index is 1.71. The van der Waals surface area contributed by atoms with Gasteiger partial charge in [-0.3, -0.25) is 0 Å². The lowest BCUT2D eigenvalue weighted by Crippen LogP contribution is -2.35. The molecule has 24 heavy (non-hydrogen) atoms.